The summed E-state index contributed by atoms with van der Waals surface area (Å²) >= 11 is 1.78. The van der Waals surface area contributed by atoms with Gasteiger partial charge in [0.05, 0.1) is 0 Å². The van der Waals surface area contributed by atoms with Crippen molar-refractivity contribution in [1.82, 2.24) is 9.80 Å². The van der Waals surface area contributed by atoms with Gasteiger partial charge in [-0.3, -0.25) is 9.69 Å². The molecule has 2 aromatic rings. The number of thiophene rings is 1. The molecule has 1 fully saturated rings. The molecule has 0 aliphatic carbocycles. The van der Waals surface area contributed by atoms with Crippen LogP contribution < -0.4 is 0 Å². The van der Waals surface area contributed by atoms with Crippen LogP contribution >= 0.6 is 11.3 Å². The number of carbonyl (C=O) groups excluding carboxylic acids is 1. The number of aryl methyl sites for hydroxylation is 1. The summed E-state index contributed by atoms with van der Waals surface area (Å²) in [6.45, 7) is 4.44. The first-order valence-corrected chi connectivity index (χ1v) is 8.85. The molecule has 0 radical (unpaired) electrons. The second-order valence-electron chi connectivity index (χ2n) is 5.86. The van der Waals surface area contributed by atoms with Crippen molar-refractivity contribution in [1.29, 1.82) is 0 Å². The molecular weight excluding hydrogens is 311 g/mol. The molecule has 1 saturated heterocycles. The minimum absolute atomic E-state index is 0.199. The molecule has 0 N–H and O–H groups in total. The zero-order valence-electron chi connectivity index (χ0n) is 13.1. The van der Waals surface area contributed by atoms with E-state index in [0.717, 1.165) is 38.3 Å². The van der Waals surface area contributed by atoms with Gasteiger partial charge in [0.2, 0.25) is 5.91 Å². The van der Waals surface area contributed by atoms with Gasteiger partial charge in [-0.05, 0) is 35.6 Å². The Morgan fingerprint density at radius 1 is 1.09 bits per heavy atom. The van der Waals surface area contributed by atoms with Gasteiger partial charge in [0.25, 0.3) is 0 Å². The van der Waals surface area contributed by atoms with Crippen LogP contribution in [0, 0.1) is 5.82 Å². The first-order chi connectivity index (χ1) is 11.2. The van der Waals surface area contributed by atoms with Gasteiger partial charge >= 0.3 is 0 Å². The van der Waals surface area contributed by atoms with Gasteiger partial charge in [-0.2, -0.15) is 0 Å². The molecule has 1 aliphatic rings. The molecule has 5 heteroatoms. The molecule has 0 saturated carbocycles. The Morgan fingerprint density at radius 2 is 1.83 bits per heavy atom. The Bertz CT molecular complexity index is 619. The second kappa shape index (κ2) is 7.70. The van der Waals surface area contributed by atoms with Crippen molar-refractivity contribution in [2.24, 2.45) is 0 Å². The average Bonchev–Trinajstić information content (AvgIpc) is 3.08. The average molecular weight is 332 g/mol. The van der Waals surface area contributed by atoms with Crippen LogP contribution in [0.1, 0.15) is 16.9 Å². The lowest BCUT2D eigenvalue weighted by atomic mass is 10.1. The van der Waals surface area contributed by atoms with E-state index in [-0.39, 0.29) is 11.7 Å². The molecule has 0 unspecified atom stereocenters. The SMILES string of the molecule is O=C(CCc1ccc(F)cc1)N1CCN(Cc2cccs2)CC1. The van der Waals surface area contributed by atoms with E-state index in [1.165, 1.54) is 17.0 Å². The molecule has 3 nitrogen and oxygen atoms in total. The van der Waals surface area contributed by atoms with E-state index >= 15 is 0 Å². The maximum Gasteiger partial charge on any atom is 0.222 e. The number of rotatable bonds is 5. The van der Waals surface area contributed by atoms with Crippen molar-refractivity contribution >= 4 is 17.2 Å². The number of hydrogen-bond acceptors (Lipinski definition) is 3. The van der Waals surface area contributed by atoms with E-state index in [4.69, 9.17) is 0 Å². The van der Waals surface area contributed by atoms with Crippen molar-refractivity contribution in [2.75, 3.05) is 26.2 Å². The van der Waals surface area contributed by atoms with Gasteiger partial charge in [0.1, 0.15) is 5.82 Å². The number of carbonyl (C=O) groups is 1. The van der Waals surface area contributed by atoms with E-state index in [1.54, 1.807) is 23.5 Å². The van der Waals surface area contributed by atoms with Gasteiger partial charge in [-0.1, -0.05) is 18.2 Å². The lowest BCUT2D eigenvalue weighted by Gasteiger charge is -2.34. The summed E-state index contributed by atoms with van der Waals surface area (Å²) in [7, 11) is 0. The highest BCUT2D eigenvalue weighted by Crippen LogP contribution is 2.14. The number of nitrogens with zero attached hydrogens (tertiary/aromatic N) is 2. The molecule has 1 aliphatic heterocycles. The zero-order chi connectivity index (χ0) is 16.1. The summed E-state index contributed by atoms with van der Waals surface area (Å²) in [5.41, 5.74) is 1.01. The standard InChI is InChI=1S/C18H21FN2OS/c19-16-6-3-15(4-7-16)5-8-18(22)21-11-9-20(10-12-21)14-17-2-1-13-23-17/h1-4,6-7,13H,5,8-12,14H2. The number of piperazine rings is 1. The van der Waals surface area contributed by atoms with Crippen LogP contribution in [-0.2, 0) is 17.8 Å². The molecule has 1 amide bonds. The summed E-state index contributed by atoms with van der Waals surface area (Å²) in [5.74, 6) is -0.0352. The number of hydrogen-bond donors (Lipinski definition) is 0. The van der Waals surface area contributed by atoms with Crippen molar-refractivity contribution < 1.29 is 9.18 Å². The van der Waals surface area contributed by atoms with Crippen LogP contribution in [0.15, 0.2) is 41.8 Å². The van der Waals surface area contributed by atoms with Gasteiger partial charge in [0.15, 0.2) is 0 Å². The fourth-order valence-corrected chi connectivity index (χ4v) is 3.58. The van der Waals surface area contributed by atoms with Crippen LogP contribution in [0.2, 0.25) is 0 Å². The minimum atomic E-state index is -0.234. The summed E-state index contributed by atoms with van der Waals surface area (Å²) < 4.78 is 12.9. The monoisotopic (exact) mass is 332 g/mol. The Labute approximate surface area is 140 Å². The molecule has 1 aromatic heterocycles. The smallest absolute Gasteiger partial charge is 0.222 e. The molecule has 3 rings (SSSR count). The second-order valence-corrected chi connectivity index (χ2v) is 6.90. The highest BCUT2D eigenvalue weighted by molar-refractivity contribution is 7.09. The molecule has 23 heavy (non-hydrogen) atoms. The van der Waals surface area contributed by atoms with Gasteiger partial charge in [-0.15, -0.1) is 11.3 Å². The highest BCUT2D eigenvalue weighted by Gasteiger charge is 2.20. The summed E-state index contributed by atoms with van der Waals surface area (Å²) in [5, 5.41) is 2.10. The maximum atomic E-state index is 12.9. The Morgan fingerprint density at radius 3 is 2.48 bits per heavy atom. The predicted octanol–water partition coefficient (Wildman–Crippen LogP) is 3.16. The third kappa shape index (κ3) is 4.62. The summed E-state index contributed by atoms with van der Waals surface area (Å²) in [6.07, 6.45) is 1.17. The van der Waals surface area contributed by atoms with Crippen LogP contribution in [0.3, 0.4) is 0 Å². The van der Waals surface area contributed by atoms with Crippen molar-refractivity contribution in [2.45, 2.75) is 19.4 Å². The number of benzene rings is 1. The first kappa shape index (κ1) is 16.1. The first-order valence-electron chi connectivity index (χ1n) is 7.98. The van der Waals surface area contributed by atoms with E-state index in [9.17, 15) is 9.18 Å². The highest BCUT2D eigenvalue weighted by atomic mass is 32.1. The van der Waals surface area contributed by atoms with Crippen molar-refractivity contribution in [3.05, 3.63) is 58.0 Å². The van der Waals surface area contributed by atoms with Gasteiger partial charge in [-0.25, -0.2) is 4.39 Å². The molecular formula is C18H21FN2OS. The number of halogens is 1. The third-order valence-electron chi connectivity index (χ3n) is 4.23. The van der Waals surface area contributed by atoms with E-state index in [1.807, 2.05) is 4.90 Å². The Hall–Kier alpha value is -1.72. The maximum absolute atomic E-state index is 12.9. The fourth-order valence-electron chi connectivity index (χ4n) is 2.84. The van der Waals surface area contributed by atoms with E-state index < -0.39 is 0 Å². The zero-order valence-corrected chi connectivity index (χ0v) is 13.9. The normalized spacial score (nSPS) is 15.8. The fraction of sp³-hybridized carbons (Fsp3) is 0.389. The predicted molar refractivity (Wildman–Crippen MR) is 90.9 cm³/mol. The van der Waals surface area contributed by atoms with Crippen molar-refractivity contribution in [3.8, 4) is 0 Å². The quantitative estimate of drug-likeness (QED) is 0.840. The summed E-state index contributed by atoms with van der Waals surface area (Å²) in [6, 6.07) is 10.6. The van der Waals surface area contributed by atoms with Gasteiger partial charge in [0, 0.05) is 44.0 Å². The molecule has 122 valence electrons. The Balaban J connectivity index is 1.42. The van der Waals surface area contributed by atoms with Crippen molar-refractivity contribution in [3.63, 3.8) is 0 Å². The molecule has 1 aromatic carbocycles. The lowest BCUT2D eigenvalue weighted by Crippen LogP contribution is -2.48. The molecule has 0 spiro atoms. The lowest BCUT2D eigenvalue weighted by molar-refractivity contribution is -0.132. The topological polar surface area (TPSA) is 23.6 Å². The third-order valence-corrected chi connectivity index (χ3v) is 5.09. The number of amides is 1. The van der Waals surface area contributed by atoms with E-state index in [2.05, 4.69) is 22.4 Å². The van der Waals surface area contributed by atoms with Crippen LogP contribution in [-0.4, -0.2) is 41.9 Å². The van der Waals surface area contributed by atoms with E-state index in [0.29, 0.717) is 12.8 Å². The molecule has 0 bridgehead atoms. The molecule has 0 atom stereocenters. The van der Waals surface area contributed by atoms with Crippen LogP contribution in [0.25, 0.3) is 0 Å². The van der Waals surface area contributed by atoms with Gasteiger partial charge < -0.3 is 4.90 Å². The Kier molecular flexibility index (Phi) is 5.41. The van der Waals surface area contributed by atoms with Crippen LogP contribution in [0.4, 0.5) is 4.39 Å². The minimum Gasteiger partial charge on any atom is -0.340 e. The summed E-state index contributed by atoms with van der Waals surface area (Å²) in [4.78, 5) is 18.0. The van der Waals surface area contributed by atoms with Crippen LogP contribution in [0.5, 0.6) is 0 Å². The molecule has 2 heterocycles. The largest absolute Gasteiger partial charge is 0.340 e.